The number of halogens is 2. The molecule has 90 valence electrons. The van der Waals surface area contributed by atoms with Crippen LogP contribution in [0, 0.1) is 5.92 Å². The van der Waals surface area contributed by atoms with E-state index in [1.807, 2.05) is 19.2 Å². The van der Waals surface area contributed by atoms with Crippen LogP contribution in [-0.2, 0) is 0 Å². The summed E-state index contributed by atoms with van der Waals surface area (Å²) in [5, 5.41) is 4.19. The molecule has 0 aliphatic carbocycles. The Bertz CT molecular complexity index is 341. The smallest absolute Gasteiger partial charge is 0.0465 e. The van der Waals surface area contributed by atoms with Crippen LogP contribution in [0.5, 0.6) is 0 Å². The van der Waals surface area contributed by atoms with Crippen molar-refractivity contribution in [3.05, 3.63) is 33.3 Å². The Morgan fingerprint density at radius 2 is 2.12 bits per heavy atom. The van der Waals surface area contributed by atoms with Gasteiger partial charge in [0.1, 0.15) is 0 Å². The van der Waals surface area contributed by atoms with Crippen LogP contribution in [-0.4, -0.2) is 7.05 Å². The lowest BCUT2D eigenvalue weighted by Gasteiger charge is -2.24. The van der Waals surface area contributed by atoms with E-state index in [0.29, 0.717) is 12.0 Å². The fourth-order valence-corrected chi connectivity index (χ4v) is 2.91. The Hall–Kier alpha value is -0.0500. The van der Waals surface area contributed by atoms with Gasteiger partial charge in [0.25, 0.3) is 0 Å². The second-order valence-electron chi connectivity index (χ2n) is 4.20. The molecule has 2 unspecified atom stereocenters. The van der Waals surface area contributed by atoms with Crippen molar-refractivity contribution in [3.8, 4) is 0 Å². The lowest BCUT2D eigenvalue weighted by atomic mass is 9.91. The summed E-state index contributed by atoms with van der Waals surface area (Å²) in [6.45, 7) is 4.48. The first kappa shape index (κ1) is 14.0. The molecule has 0 saturated carbocycles. The minimum absolute atomic E-state index is 0.334. The van der Waals surface area contributed by atoms with Crippen molar-refractivity contribution < 1.29 is 0 Å². The predicted molar refractivity (Wildman–Crippen MR) is 75.0 cm³/mol. The monoisotopic (exact) mass is 303 g/mol. The number of hydrogen-bond donors (Lipinski definition) is 1. The molecule has 1 rings (SSSR count). The quantitative estimate of drug-likeness (QED) is 0.824. The summed E-state index contributed by atoms with van der Waals surface area (Å²) in [5.74, 6) is 0.591. The van der Waals surface area contributed by atoms with Gasteiger partial charge in [-0.3, -0.25) is 0 Å². The first-order chi connectivity index (χ1) is 7.60. The maximum Gasteiger partial charge on any atom is 0.0465 e. The van der Waals surface area contributed by atoms with Gasteiger partial charge < -0.3 is 5.32 Å². The van der Waals surface area contributed by atoms with E-state index in [4.69, 9.17) is 11.6 Å². The Morgan fingerprint density at radius 3 is 2.62 bits per heavy atom. The van der Waals surface area contributed by atoms with E-state index in [1.54, 1.807) is 0 Å². The van der Waals surface area contributed by atoms with Crippen LogP contribution in [0.15, 0.2) is 22.7 Å². The number of nitrogens with one attached hydrogen (secondary N) is 1. The molecule has 0 bridgehead atoms. The molecule has 16 heavy (non-hydrogen) atoms. The van der Waals surface area contributed by atoms with Crippen LogP contribution in [0.1, 0.15) is 38.3 Å². The highest BCUT2D eigenvalue weighted by atomic mass is 79.9. The van der Waals surface area contributed by atoms with E-state index in [0.717, 1.165) is 9.50 Å². The van der Waals surface area contributed by atoms with Gasteiger partial charge in [0.2, 0.25) is 0 Å². The third-order valence-corrected chi connectivity index (χ3v) is 3.74. The Labute approximate surface area is 112 Å². The topological polar surface area (TPSA) is 12.0 Å². The van der Waals surface area contributed by atoms with Gasteiger partial charge in [0.05, 0.1) is 0 Å². The summed E-state index contributed by atoms with van der Waals surface area (Å²) < 4.78 is 1.03. The van der Waals surface area contributed by atoms with Crippen LogP contribution in [0.3, 0.4) is 0 Å². The molecule has 0 fully saturated rings. The normalized spacial score (nSPS) is 14.8. The van der Waals surface area contributed by atoms with E-state index in [2.05, 4.69) is 41.2 Å². The number of rotatable bonds is 5. The predicted octanol–water partition coefficient (Wildman–Crippen LogP) is 4.80. The number of hydrogen-bond acceptors (Lipinski definition) is 1. The molecule has 0 heterocycles. The summed E-state index contributed by atoms with van der Waals surface area (Å²) in [6.07, 6.45) is 2.41. The Kier molecular flexibility index (Phi) is 5.81. The Balaban J connectivity index is 2.94. The van der Waals surface area contributed by atoms with E-state index in [9.17, 15) is 0 Å². The maximum atomic E-state index is 6.28. The number of benzene rings is 1. The van der Waals surface area contributed by atoms with E-state index < -0.39 is 0 Å². The van der Waals surface area contributed by atoms with Crippen molar-refractivity contribution in [2.75, 3.05) is 7.05 Å². The van der Waals surface area contributed by atoms with Crippen LogP contribution in [0.25, 0.3) is 0 Å². The van der Waals surface area contributed by atoms with Gasteiger partial charge in [-0.1, -0.05) is 53.9 Å². The van der Waals surface area contributed by atoms with Crippen molar-refractivity contribution in [3.63, 3.8) is 0 Å². The second-order valence-corrected chi connectivity index (χ2v) is 5.52. The van der Waals surface area contributed by atoms with Gasteiger partial charge in [0.15, 0.2) is 0 Å². The maximum absolute atomic E-state index is 6.28. The lowest BCUT2D eigenvalue weighted by Crippen LogP contribution is -2.23. The molecular formula is C13H19BrClN. The molecule has 1 aromatic rings. The zero-order valence-corrected chi connectivity index (χ0v) is 12.4. The van der Waals surface area contributed by atoms with Gasteiger partial charge in [-0.15, -0.1) is 0 Å². The molecule has 0 aromatic heterocycles. The molecule has 0 radical (unpaired) electrons. The van der Waals surface area contributed by atoms with Crippen molar-refractivity contribution in [2.45, 2.75) is 32.7 Å². The van der Waals surface area contributed by atoms with E-state index >= 15 is 0 Å². The van der Waals surface area contributed by atoms with Crippen LogP contribution in [0.2, 0.25) is 5.02 Å². The first-order valence-corrected chi connectivity index (χ1v) is 6.89. The van der Waals surface area contributed by atoms with Gasteiger partial charge in [0, 0.05) is 15.5 Å². The molecule has 2 atom stereocenters. The average molecular weight is 305 g/mol. The first-order valence-electron chi connectivity index (χ1n) is 5.72. The zero-order valence-electron chi connectivity index (χ0n) is 10.1. The van der Waals surface area contributed by atoms with Crippen molar-refractivity contribution in [2.24, 2.45) is 5.92 Å². The highest BCUT2D eigenvalue weighted by Gasteiger charge is 2.19. The highest BCUT2D eigenvalue weighted by molar-refractivity contribution is 9.10. The van der Waals surface area contributed by atoms with Gasteiger partial charge in [-0.05, 0) is 37.1 Å². The zero-order chi connectivity index (χ0) is 12.1. The summed E-state index contributed by atoms with van der Waals surface area (Å²) in [4.78, 5) is 0. The van der Waals surface area contributed by atoms with Gasteiger partial charge in [-0.25, -0.2) is 0 Å². The minimum atomic E-state index is 0.334. The van der Waals surface area contributed by atoms with Crippen molar-refractivity contribution in [1.29, 1.82) is 0 Å². The lowest BCUT2D eigenvalue weighted by molar-refractivity contribution is 0.384. The third kappa shape index (κ3) is 3.47. The van der Waals surface area contributed by atoms with Crippen LogP contribution in [0.4, 0.5) is 0 Å². The highest BCUT2D eigenvalue weighted by Crippen LogP contribution is 2.32. The van der Waals surface area contributed by atoms with Crippen LogP contribution < -0.4 is 5.32 Å². The summed E-state index contributed by atoms with van der Waals surface area (Å²) in [6, 6.07) is 6.43. The molecule has 0 saturated heterocycles. The fourth-order valence-electron chi connectivity index (χ4n) is 2.12. The average Bonchev–Trinajstić information content (AvgIpc) is 2.22. The molecular weight excluding hydrogens is 286 g/mol. The minimum Gasteiger partial charge on any atom is -0.313 e. The Morgan fingerprint density at radius 1 is 1.44 bits per heavy atom. The molecule has 0 spiro atoms. The molecule has 3 heteroatoms. The fraction of sp³-hybridized carbons (Fsp3) is 0.538. The molecule has 1 nitrogen and oxygen atoms in total. The summed E-state index contributed by atoms with van der Waals surface area (Å²) >= 11 is 9.71. The standard InChI is InChI=1S/C13H19BrClN/c1-4-5-9(2)13(16-3)11-7-6-10(14)8-12(11)15/h6-9,13,16H,4-5H2,1-3H3. The molecule has 0 amide bonds. The van der Waals surface area contributed by atoms with Crippen molar-refractivity contribution >= 4 is 27.5 Å². The molecule has 0 aliphatic rings. The third-order valence-electron chi connectivity index (χ3n) is 2.92. The molecule has 1 N–H and O–H groups in total. The van der Waals surface area contributed by atoms with E-state index in [-0.39, 0.29) is 0 Å². The molecule has 1 aromatic carbocycles. The van der Waals surface area contributed by atoms with Gasteiger partial charge >= 0.3 is 0 Å². The summed E-state index contributed by atoms with van der Waals surface area (Å²) in [7, 11) is 2.00. The second kappa shape index (κ2) is 6.63. The summed E-state index contributed by atoms with van der Waals surface area (Å²) in [5.41, 5.74) is 1.19. The van der Waals surface area contributed by atoms with Crippen molar-refractivity contribution in [1.82, 2.24) is 5.32 Å². The van der Waals surface area contributed by atoms with E-state index in [1.165, 1.54) is 18.4 Å². The molecule has 0 aliphatic heterocycles. The SMILES string of the molecule is CCCC(C)C(NC)c1ccc(Br)cc1Cl. The van der Waals surface area contributed by atoms with Crippen LogP contribution >= 0.6 is 27.5 Å². The van der Waals surface area contributed by atoms with Gasteiger partial charge in [-0.2, -0.15) is 0 Å². The largest absolute Gasteiger partial charge is 0.313 e.